The third kappa shape index (κ3) is 3.14. The molecule has 5 heterocycles. The molecule has 2 bridgehead atoms. The number of imidazole rings is 1. The molecule has 1 aromatic carbocycles. The number of pyridine rings is 2. The van der Waals surface area contributed by atoms with Crippen LogP contribution in [0.2, 0.25) is 0 Å². The van der Waals surface area contributed by atoms with E-state index in [0.717, 1.165) is 16.0 Å². The van der Waals surface area contributed by atoms with E-state index >= 15 is 0 Å². The van der Waals surface area contributed by atoms with Gasteiger partial charge in [0.2, 0.25) is 0 Å². The highest BCUT2D eigenvalue weighted by molar-refractivity contribution is 5.97. The molecule has 0 saturated carbocycles. The Kier molecular flexibility index (Phi) is 3.92. The lowest BCUT2D eigenvalue weighted by Gasteiger charge is -2.24. The summed E-state index contributed by atoms with van der Waals surface area (Å²) in [4.78, 5) is 28.4. The standard InChI is InChI=1S/C27H23F2N5O3/c1-27(36)9-8-13-10-14(12-30-22(13)27)16-6-7-17-23(31-16)34-18-11-19(24(34)32-17)33(2)25(35)15-4-3-5-20(21(15)18)37-26(28)29/h3-7,10,12,18-19,26,36H,8-9,11H2,1-2H3/t18-,19-,27-/m1/s1/i2D3. The second-order valence-corrected chi connectivity index (χ2v) is 9.92. The number of benzene rings is 1. The van der Waals surface area contributed by atoms with Crippen LogP contribution < -0.4 is 4.74 Å². The van der Waals surface area contributed by atoms with Crippen LogP contribution in [0.4, 0.5) is 8.78 Å². The van der Waals surface area contributed by atoms with Crippen molar-refractivity contribution in [2.75, 3.05) is 6.98 Å². The predicted molar refractivity (Wildman–Crippen MR) is 129 cm³/mol. The topological polar surface area (TPSA) is 93.4 Å². The van der Waals surface area contributed by atoms with Gasteiger partial charge < -0.3 is 19.3 Å². The molecule has 3 aliphatic rings. The molecule has 3 aromatic heterocycles. The van der Waals surface area contributed by atoms with Gasteiger partial charge in [-0.1, -0.05) is 6.07 Å². The summed E-state index contributed by atoms with van der Waals surface area (Å²) >= 11 is 0. The number of aliphatic hydroxyl groups is 1. The molecule has 8 nitrogen and oxygen atoms in total. The summed E-state index contributed by atoms with van der Waals surface area (Å²) in [7, 11) is 0. The number of halogens is 2. The van der Waals surface area contributed by atoms with E-state index in [0.29, 0.717) is 41.2 Å². The smallest absolute Gasteiger partial charge is 0.387 e. The number of alkyl halides is 2. The third-order valence-electron chi connectivity index (χ3n) is 7.65. The highest BCUT2D eigenvalue weighted by atomic mass is 19.3. The number of aryl methyl sites for hydroxylation is 1. The first kappa shape index (κ1) is 19.2. The molecule has 4 aromatic rings. The highest BCUT2D eigenvalue weighted by Gasteiger charge is 2.45. The summed E-state index contributed by atoms with van der Waals surface area (Å²) in [6.45, 7) is -4.21. The summed E-state index contributed by atoms with van der Waals surface area (Å²) in [6.07, 6.45) is 3.02. The van der Waals surface area contributed by atoms with Gasteiger partial charge in [-0.2, -0.15) is 8.78 Å². The third-order valence-corrected chi connectivity index (χ3v) is 7.65. The van der Waals surface area contributed by atoms with Crippen molar-refractivity contribution in [1.29, 1.82) is 0 Å². The number of amides is 1. The molecule has 1 N–H and O–H groups in total. The van der Waals surface area contributed by atoms with Crippen LogP contribution in [0.15, 0.2) is 42.6 Å². The van der Waals surface area contributed by atoms with Crippen molar-refractivity contribution >= 4 is 17.1 Å². The number of carbonyl (C=O) groups is 1. The zero-order valence-electron chi connectivity index (χ0n) is 22.7. The molecule has 1 amide bonds. The molecule has 0 saturated heterocycles. The number of ether oxygens (including phenoxy) is 1. The number of hydrogen-bond acceptors (Lipinski definition) is 6. The van der Waals surface area contributed by atoms with Gasteiger partial charge in [-0.05, 0) is 55.7 Å². The Bertz CT molecular complexity index is 1720. The largest absolute Gasteiger partial charge is 0.434 e. The van der Waals surface area contributed by atoms with E-state index in [1.807, 2.05) is 6.07 Å². The van der Waals surface area contributed by atoms with Crippen LogP contribution in [0.1, 0.15) is 69.0 Å². The first-order valence-corrected chi connectivity index (χ1v) is 12.0. The van der Waals surface area contributed by atoms with Crippen molar-refractivity contribution in [2.24, 2.45) is 0 Å². The van der Waals surface area contributed by atoms with Crippen molar-refractivity contribution in [2.45, 2.75) is 50.5 Å². The number of hydrogen-bond donors (Lipinski definition) is 1. The molecule has 188 valence electrons. The molecule has 2 aliphatic heterocycles. The van der Waals surface area contributed by atoms with Crippen LogP contribution in [0, 0.1) is 0 Å². The van der Waals surface area contributed by atoms with Gasteiger partial charge in [-0.3, -0.25) is 9.78 Å². The van der Waals surface area contributed by atoms with Gasteiger partial charge in [0.1, 0.15) is 22.7 Å². The average Bonchev–Trinajstić information content (AvgIpc) is 3.49. The Morgan fingerprint density at radius 3 is 2.92 bits per heavy atom. The number of fused-ring (bicyclic) bond motifs is 10. The Morgan fingerprint density at radius 1 is 1.24 bits per heavy atom. The second-order valence-electron chi connectivity index (χ2n) is 9.92. The monoisotopic (exact) mass is 506 g/mol. The van der Waals surface area contributed by atoms with Gasteiger partial charge in [-0.25, -0.2) is 9.97 Å². The maximum Gasteiger partial charge on any atom is 0.387 e. The molecular weight excluding hydrogens is 480 g/mol. The zero-order chi connectivity index (χ0) is 28.1. The molecular formula is C27H23F2N5O3. The van der Waals surface area contributed by atoms with Gasteiger partial charge >= 0.3 is 6.61 Å². The van der Waals surface area contributed by atoms with Crippen molar-refractivity contribution in [3.8, 4) is 17.0 Å². The Labute approximate surface area is 214 Å². The molecule has 1 aliphatic carbocycles. The van der Waals surface area contributed by atoms with Gasteiger partial charge in [-0.15, -0.1) is 0 Å². The van der Waals surface area contributed by atoms with Crippen molar-refractivity contribution < 1.29 is 27.5 Å². The molecule has 10 heteroatoms. The molecule has 3 atom stereocenters. The van der Waals surface area contributed by atoms with E-state index in [1.54, 1.807) is 29.8 Å². The number of carbonyl (C=O) groups excluding carboxylic acids is 1. The highest BCUT2D eigenvalue weighted by Crippen LogP contribution is 2.50. The van der Waals surface area contributed by atoms with Crippen LogP contribution >= 0.6 is 0 Å². The second kappa shape index (κ2) is 7.55. The lowest BCUT2D eigenvalue weighted by molar-refractivity contribution is -0.0507. The molecule has 0 unspecified atom stereocenters. The zero-order valence-corrected chi connectivity index (χ0v) is 19.7. The van der Waals surface area contributed by atoms with E-state index in [4.69, 9.17) is 13.8 Å². The lowest BCUT2D eigenvalue weighted by Crippen LogP contribution is -2.30. The summed E-state index contributed by atoms with van der Waals surface area (Å²) in [5, 5.41) is 10.6. The van der Waals surface area contributed by atoms with E-state index < -0.39 is 37.2 Å². The molecule has 7 rings (SSSR count). The van der Waals surface area contributed by atoms with Gasteiger partial charge in [0.25, 0.3) is 5.91 Å². The minimum atomic E-state index is -3.14. The maximum atomic E-state index is 13.6. The fourth-order valence-electron chi connectivity index (χ4n) is 5.95. The van der Waals surface area contributed by atoms with Crippen LogP contribution in [0.3, 0.4) is 0 Å². The maximum absolute atomic E-state index is 13.6. The Hall–Kier alpha value is -3.92. The quantitative estimate of drug-likeness (QED) is 0.444. The minimum absolute atomic E-state index is 0.0136. The fraction of sp³-hybridized carbons (Fsp3) is 0.333. The number of aromatic nitrogens is 4. The van der Waals surface area contributed by atoms with Crippen LogP contribution in [0.5, 0.6) is 5.75 Å². The normalized spacial score (nSPS) is 25.4. The van der Waals surface area contributed by atoms with Crippen LogP contribution in [0.25, 0.3) is 22.4 Å². The molecule has 0 fully saturated rings. The van der Waals surface area contributed by atoms with E-state index in [-0.39, 0.29) is 23.3 Å². The first-order chi connectivity index (χ1) is 18.9. The Balaban J connectivity index is 1.43. The van der Waals surface area contributed by atoms with E-state index in [1.165, 1.54) is 18.2 Å². The van der Waals surface area contributed by atoms with Crippen molar-refractivity contribution in [3.63, 3.8) is 0 Å². The summed E-state index contributed by atoms with van der Waals surface area (Å²) in [5.74, 6) is -0.679. The Morgan fingerprint density at radius 2 is 2.11 bits per heavy atom. The SMILES string of the molecule is [2H]C([2H])([2H])N1C(=O)c2cccc(OC(F)F)c2[C@H]2C[C@@H]1c1nc3ccc(-c4cnc5c(c4)CC[C@@]5(C)O)nc3n12. The summed E-state index contributed by atoms with van der Waals surface area (Å²) < 4.78 is 57.8. The predicted octanol–water partition coefficient (Wildman–Crippen LogP) is 4.37. The lowest BCUT2D eigenvalue weighted by atomic mass is 9.98. The molecule has 37 heavy (non-hydrogen) atoms. The van der Waals surface area contributed by atoms with Gasteiger partial charge in [0.05, 0.1) is 23.5 Å². The van der Waals surface area contributed by atoms with Crippen LogP contribution in [-0.4, -0.2) is 49.0 Å². The van der Waals surface area contributed by atoms with Gasteiger partial charge in [0.15, 0.2) is 5.65 Å². The summed E-state index contributed by atoms with van der Waals surface area (Å²) in [5.41, 5.74) is 2.96. The molecule has 0 radical (unpaired) electrons. The number of nitrogens with zero attached hydrogens (tertiary/aromatic N) is 5. The van der Waals surface area contributed by atoms with E-state index in [9.17, 15) is 18.7 Å². The van der Waals surface area contributed by atoms with Crippen molar-refractivity contribution in [3.05, 3.63) is 70.8 Å². The molecule has 0 spiro atoms. The summed E-state index contributed by atoms with van der Waals surface area (Å²) in [6, 6.07) is 7.99. The fourth-order valence-corrected chi connectivity index (χ4v) is 5.95. The van der Waals surface area contributed by atoms with Gasteiger partial charge in [0, 0.05) is 40.4 Å². The van der Waals surface area contributed by atoms with Crippen LogP contribution in [-0.2, 0) is 12.0 Å². The minimum Gasteiger partial charge on any atom is -0.434 e. The number of rotatable bonds is 3. The van der Waals surface area contributed by atoms with Crippen molar-refractivity contribution in [1.82, 2.24) is 24.4 Å². The van der Waals surface area contributed by atoms with E-state index in [2.05, 4.69) is 9.97 Å². The average molecular weight is 507 g/mol. The first-order valence-electron chi connectivity index (χ1n) is 13.5.